The predicted octanol–water partition coefficient (Wildman–Crippen LogP) is 1.82. The smallest absolute Gasteiger partial charge is 0.285 e. The van der Waals surface area contributed by atoms with E-state index in [9.17, 15) is 4.79 Å². The molecule has 6 nitrogen and oxygen atoms in total. The summed E-state index contributed by atoms with van der Waals surface area (Å²) >= 11 is 1.54. The summed E-state index contributed by atoms with van der Waals surface area (Å²) in [7, 11) is 0. The first-order valence-electron chi connectivity index (χ1n) is 6.70. The molecule has 2 aromatic heterocycles. The molecule has 1 atom stereocenters. The monoisotopic (exact) mass is 289 g/mol. The molecular formula is C13H15N5OS. The van der Waals surface area contributed by atoms with Gasteiger partial charge in [-0.15, -0.1) is 0 Å². The van der Waals surface area contributed by atoms with Gasteiger partial charge in [-0.3, -0.25) is 4.98 Å². The summed E-state index contributed by atoms with van der Waals surface area (Å²) in [4.78, 5) is 18.9. The lowest BCUT2D eigenvalue weighted by atomic mass is 9.77. The minimum atomic E-state index is -0.352. The molecule has 7 heteroatoms. The van der Waals surface area contributed by atoms with Crippen molar-refractivity contribution in [3.05, 3.63) is 22.2 Å². The van der Waals surface area contributed by atoms with E-state index >= 15 is 0 Å². The molecule has 1 N–H and O–H groups in total. The number of hydrogen-bond acceptors (Lipinski definition) is 5. The molecule has 2 heterocycles. The highest BCUT2D eigenvalue weighted by Crippen LogP contribution is 2.35. The van der Waals surface area contributed by atoms with E-state index in [0.29, 0.717) is 22.3 Å². The number of aromatic amines is 1. The third kappa shape index (κ3) is 2.31. The minimum absolute atomic E-state index is 0.324. The van der Waals surface area contributed by atoms with Crippen molar-refractivity contribution in [3.63, 3.8) is 0 Å². The van der Waals surface area contributed by atoms with Crippen LogP contribution >= 0.6 is 11.8 Å². The second-order valence-corrected chi connectivity index (χ2v) is 6.24. The van der Waals surface area contributed by atoms with Crippen LogP contribution in [0.3, 0.4) is 0 Å². The maximum absolute atomic E-state index is 11.9. The number of thioether (sulfide) groups is 1. The van der Waals surface area contributed by atoms with Crippen LogP contribution in [0.2, 0.25) is 0 Å². The van der Waals surface area contributed by atoms with Crippen LogP contribution in [0.5, 0.6) is 0 Å². The van der Waals surface area contributed by atoms with Gasteiger partial charge in [0.25, 0.3) is 0 Å². The fraction of sp³-hybridized carbons (Fsp3) is 0.538. The summed E-state index contributed by atoms with van der Waals surface area (Å²) in [5, 5.41) is 13.4. The number of nitrogens with zero attached hydrogens (tertiary/aromatic N) is 4. The number of fused-ring (bicyclic) bond motifs is 1. The molecule has 0 aromatic carbocycles. The maximum Gasteiger partial charge on any atom is 0.350 e. The van der Waals surface area contributed by atoms with E-state index in [1.807, 2.05) is 6.07 Å². The number of hydrogen-bond donors (Lipinski definition) is 1. The Labute approximate surface area is 120 Å². The Kier molecular flexibility index (Phi) is 3.49. The summed E-state index contributed by atoms with van der Waals surface area (Å²) in [6.45, 7) is 2.24. The molecule has 2 aromatic rings. The Bertz CT molecular complexity index is 724. The van der Waals surface area contributed by atoms with E-state index in [0.717, 1.165) is 16.2 Å². The van der Waals surface area contributed by atoms with E-state index in [4.69, 9.17) is 5.26 Å². The average molecular weight is 289 g/mol. The van der Waals surface area contributed by atoms with Gasteiger partial charge in [0.05, 0.1) is 6.20 Å². The highest BCUT2D eigenvalue weighted by Gasteiger charge is 2.24. The molecular weight excluding hydrogens is 274 g/mol. The van der Waals surface area contributed by atoms with Gasteiger partial charge in [-0.2, -0.15) is 14.9 Å². The van der Waals surface area contributed by atoms with Crippen LogP contribution in [0.25, 0.3) is 5.65 Å². The van der Waals surface area contributed by atoms with Gasteiger partial charge in [-0.25, -0.2) is 9.78 Å². The Morgan fingerprint density at radius 1 is 1.65 bits per heavy atom. The zero-order chi connectivity index (χ0) is 14.1. The zero-order valence-corrected chi connectivity index (χ0v) is 12.0. The minimum Gasteiger partial charge on any atom is -0.285 e. The van der Waals surface area contributed by atoms with Gasteiger partial charge in [0.2, 0.25) is 0 Å². The Morgan fingerprint density at radius 2 is 2.45 bits per heavy atom. The van der Waals surface area contributed by atoms with Crippen molar-refractivity contribution in [2.24, 2.45) is 11.8 Å². The summed E-state index contributed by atoms with van der Waals surface area (Å²) in [6, 6.07) is 2.00. The fourth-order valence-corrected chi connectivity index (χ4v) is 3.37. The lowest BCUT2D eigenvalue weighted by Gasteiger charge is -2.31. The van der Waals surface area contributed by atoms with Crippen molar-refractivity contribution in [3.8, 4) is 6.07 Å². The number of nitriles is 1. The largest absolute Gasteiger partial charge is 0.350 e. The second kappa shape index (κ2) is 5.29. The van der Waals surface area contributed by atoms with Gasteiger partial charge < -0.3 is 0 Å². The molecule has 1 aliphatic rings. The third-order valence-corrected chi connectivity index (χ3v) is 5.07. The number of rotatable bonds is 4. The first kappa shape index (κ1) is 13.2. The molecule has 0 radical (unpaired) electrons. The Hall–Kier alpha value is -1.81. The lowest BCUT2D eigenvalue weighted by Crippen LogP contribution is -2.22. The normalized spacial score (nSPS) is 16.8. The summed E-state index contributed by atoms with van der Waals surface area (Å²) in [5.41, 5.74) is 0.301. The molecule has 0 aliphatic heterocycles. The molecule has 1 unspecified atom stereocenters. The van der Waals surface area contributed by atoms with Crippen LogP contribution < -0.4 is 5.69 Å². The summed E-state index contributed by atoms with van der Waals surface area (Å²) in [5.74, 6) is 2.36. The van der Waals surface area contributed by atoms with Gasteiger partial charge >= 0.3 is 5.69 Å². The van der Waals surface area contributed by atoms with Crippen LogP contribution in [0.4, 0.5) is 0 Å². The van der Waals surface area contributed by atoms with Crippen molar-refractivity contribution in [2.45, 2.75) is 31.3 Å². The van der Waals surface area contributed by atoms with Gasteiger partial charge in [0.1, 0.15) is 11.6 Å². The highest BCUT2D eigenvalue weighted by atomic mass is 32.2. The van der Waals surface area contributed by atoms with Gasteiger partial charge in [0, 0.05) is 5.75 Å². The van der Waals surface area contributed by atoms with Gasteiger partial charge in [-0.05, 0) is 11.8 Å². The van der Waals surface area contributed by atoms with Crippen LogP contribution in [-0.4, -0.2) is 25.3 Å². The van der Waals surface area contributed by atoms with E-state index in [1.165, 1.54) is 25.5 Å². The molecule has 20 heavy (non-hydrogen) atoms. The number of aromatic nitrogens is 4. The third-order valence-electron chi connectivity index (χ3n) is 3.92. The second-order valence-electron chi connectivity index (χ2n) is 5.23. The quantitative estimate of drug-likeness (QED) is 0.867. The number of nitrogens with one attached hydrogen (secondary N) is 1. The summed E-state index contributed by atoms with van der Waals surface area (Å²) in [6.07, 6.45) is 5.32. The van der Waals surface area contributed by atoms with Gasteiger partial charge in [-0.1, -0.05) is 37.9 Å². The SMILES string of the molecule is CC(CSc1nc2c(C#N)cnn2c(=O)[nH]1)C1CCC1. The first-order chi connectivity index (χ1) is 9.69. The van der Waals surface area contributed by atoms with Crippen molar-refractivity contribution < 1.29 is 0 Å². The highest BCUT2D eigenvalue weighted by molar-refractivity contribution is 7.99. The maximum atomic E-state index is 11.9. The molecule has 1 fully saturated rings. The van der Waals surface area contributed by atoms with E-state index in [2.05, 4.69) is 22.0 Å². The molecule has 0 amide bonds. The fourth-order valence-electron chi connectivity index (χ4n) is 2.37. The first-order valence-corrected chi connectivity index (χ1v) is 7.68. The molecule has 3 rings (SSSR count). The Morgan fingerprint density at radius 3 is 3.10 bits per heavy atom. The molecule has 0 bridgehead atoms. The molecule has 104 valence electrons. The van der Waals surface area contributed by atoms with E-state index in [-0.39, 0.29) is 5.69 Å². The van der Waals surface area contributed by atoms with Crippen LogP contribution in [-0.2, 0) is 0 Å². The molecule has 0 spiro atoms. The predicted molar refractivity (Wildman–Crippen MR) is 75.6 cm³/mol. The lowest BCUT2D eigenvalue weighted by molar-refractivity contribution is 0.238. The Balaban J connectivity index is 1.81. The molecule has 1 aliphatic carbocycles. The van der Waals surface area contributed by atoms with E-state index in [1.54, 1.807) is 11.8 Å². The van der Waals surface area contributed by atoms with Crippen LogP contribution in [0.15, 0.2) is 16.1 Å². The van der Waals surface area contributed by atoms with Crippen molar-refractivity contribution in [1.82, 2.24) is 19.6 Å². The standard InChI is InChI=1S/C13H15N5OS/c1-8(9-3-2-4-9)7-20-12-16-11-10(5-14)6-15-18(11)13(19)17-12/h6,8-9H,2-4,7H2,1H3,(H,16,17,19). The number of H-pyrrole nitrogens is 1. The zero-order valence-electron chi connectivity index (χ0n) is 11.2. The van der Waals surface area contributed by atoms with Crippen molar-refractivity contribution >= 4 is 17.4 Å². The van der Waals surface area contributed by atoms with Gasteiger partial charge in [0.15, 0.2) is 10.8 Å². The van der Waals surface area contributed by atoms with Crippen molar-refractivity contribution in [2.75, 3.05) is 5.75 Å². The molecule has 1 saturated carbocycles. The van der Waals surface area contributed by atoms with Crippen LogP contribution in [0, 0.1) is 23.2 Å². The molecule has 0 saturated heterocycles. The van der Waals surface area contributed by atoms with Crippen LogP contribution in [0.1, 0.15) is 31.7 Å². The average Bonchev–Trinajstić information content (AvgIpc) is 2.77. The topological polar surface area (TPSA) is 86.8 Å². The van der Waals surface area contributed by atoms with E-state index < -0.39 is 0 Å². The van der Waals surface area contributed by atoms with Crippen molar-refractivity contribution in [1.29, 1.82) is 5.26 Å². The summed E-state index contributed by atoms with van der Waals surface area (Å²) < 4.78 is 1.12.